The molecular weight excluding hydrogens is 236 g/mol. The van der Waals surface area contributed by atoms with Crippen LogP contribution in [0.15, 0.2) is 25.3 Å². The summed E-state index contributed by atoms with van der Waals surface area (Å²) in [6.45, 7) is 7.93. The Kier molecular flexibility index (Phi) is 4.14. The van der Waals surface area contributed by atoms with Crippen molar-refractivity contribution in [3.8, 4) is 0 Å². The molecule has 0 bridgehead atoms. The van der Waals surface area contributed by atoms with Gasteiger partial charge in [0.1, 0.15) is 0 Å². The van der Waals surface area contributed by atoms with Crippen LogP contribution in [0.2, 0.25) is 0 Å². The number of nitrogens with zero attached hydrogens (tertiary/aromatic N) is 2. The first-order valence-electron chi connectivity index (χ1n) is 5.34. The second-order valence-electron chi connectivity index (χ2n) is 3.80. The third-order valence-corrected chi connectivity index (χ3v) is 2.52. The summed E-state index contributed by atoms with van der Waals surface area (Å²) in [5, 5.41) is 0. The zero-order valence-electron chi connectivity index (χ0n) is 10.1. The Hall–Kier alpha value is -2.24. The fourth-order valence-electron chi connectivity index (χ4n) is 1.69. The Morgan fingerprint density at radius 3 is 1.78 bits per heavy atom. The van der Waals surface area contributed by atoms with Crippen molar-refractivity contribution in [2.75, 3.05) is 13.1 Å². The molecule has 18 heavy (non-hydrogen) atoms. The molecule has 1 saturated heterocycles. The molecule has 6 heteroatoms. The van der Waals surface area contributed by atoms with Crippen molar-refractivity contribution >= 4 is 23.6 Å². The minimum atomic E-state index is -1.44. The number of Topliss-reactive ketones (excluding diaryl/α,β-unsaturated/α-hetero) is 1. The molecule has 4 amide bonds. The van der Waals surface area contributed by atoms with Crippen molar-refractivity contribution in [2.24, 2.45) is 5.92 Å². The number of urea groups is 1. The lowest BCUT2D eigenvalue weighted by Gasteiger charge is -2.35. The molecular formula is C12H14N2O4. The lowest BCUT2D eigenvalue weighted by atomic mass is 9.99. The highest BCUT2D eigenvalue weighted by Crippen LogP contribution is 2.18. The largest absolute Gasteiger partial charge is 0.334 e. The molecule has 1 aliphatic rings. The Labute approximate surface area is 105 Å². The van der Waals surface area contributed by atoms with Gasteiger partial charge in [0.25, 0.3) is 11.8 Å². The Bertz CT molecular complexity index is 409. The first kappa shape index (κ1) is 13.8. The van der Waals surface area contributed by atoms with Crippen LogP contribution in [0.5, 0.6) is 0 Å². The van der Waals surface area contributed by atoms with Crippen molar-refractivity contribution in [3.05, 3.63) is 25.3 Å². The van der Waals surface area contributed by atoms with Gasteiger partial charge in [-0.3, -0.25) is 24.2 Å². The highest BCUT2D eigenvalue weighted by atomic mass is 16.2. The van der Waals surface area contributed by atoms with Crippen LogP contribution in [0.25, 0.3) is 0 Å². The lowest BCUT2D eigenvalue weighted by Crippen LogP contribution is -2.61. The van der Waals surface area contributed by atoms with Gasteiger partial charge in [-0.05, 0) is 6.92 Å². The van der Waals surface area contributed by atoms with E-state index in [0.717, 1.165) is 16.7 Å². The summed E-state index contributed by atoms with van der Waals surface area (Å²) >= 11 is 0. The van der Waals surface area contributed by atoms with Gasteiger partial charge < -0.3 is 0 Å². The lowest BCUT2D eigenvalue weighted by molar-refractivity contribution is -0.152. The summed E-state index contributed by atoms with van der Waals surface area (Å²) in [6.07, 6.45) is 2.71. The normalized spacial score (nSPS) is 17.1. The summed E-state index contributed by atoms with van der Waals surface area (Å²) in [4.78, 5) is 48.7. The summed E-state index contributed by atoms with van der Waals surface area (Å²) in [5.74, 6) is -3.61. The fraction of sp³-hybridized carbons (Fsp3) is 0.333. The van der Waals surface area contributed by atoms with Crippen molar-refractivity contribution in [1.82, 2.24) is 9.80 Å². The van der Waals surface area contributed by atoms with Gasteiger partial charge in [0, 0.05) is 13.1 Å². The highest BCUT2D eigenvalue weighted by molar-refractivity contribution is 6.26. The van der Waals surface area contributed by atoms with Crippen LogP contribution in [0.1, 0.15) is 6.92 Å². The summed E-state index contributed by atoms with van der Waals surface area (Å²) in [6, 6.07) is -0.748. The number of amides is 4. The minimum absolute atomic E-state index is 0.0393. The monoisotopic (exact) mass is 250 g/mol. The van der Waals surface area contributed by atoms with Crippen LogP contribution < -0.4 is 0 Å². The van der Waals surface area contributed by atoms with Crippen LogP contribution in [-0.4, -0.2) is 46.5 Å². The standard InChI is InChI=1S/C12H14N2O4/c1-4-6-13-10(16)9(8(3)15)11(17)14(7-5-2)12(13)18/h4-5,9H,1-2,6-7H2,3H3. The average molecular weight is 250 g/mol. The second-order valence-corrected chi connectivity index (χ2v) is 3.80. The van der Waals surface area contributed by atoms with Gasteiger partial charge in [0.15, 0.2) is 11.7 Å². The Balaban J connectivity index is 3.17. The Morgan fingerprint density at radius 1 is 1.11 bits per heavy atom. The van der Waals surface area contributed by atoms with E-state index in [1.165, 1.54) is 12.2 Å². The quantitative estimate of drug-likeness (QED) is 0.521. The van der Waals surface area contributed by atoms with E-state index in [9.17, 15) is 19.2 Å². The van der Waals surface area contributed by atoms with E-state index >= 15 is 0 Å². The van der Waals surface area contributed by atoms with E-state index in [0.29, 0.717) is 0 Å². The number of hydrogen-bond donors (Lipinski definition) is 0. The number of carbonyl (C=O) groups excluding carboxylic acids is 4. The number of rotatable bonds is 5. The van der Waals surface area contributed by atoms with E-state index in [2.05, 4.69) is 13.2 Å². The zero-order valence-corrected chi connectivity index (χ0v) is 10.1. The van der Waals surface area contributed by atoms with E-state index < -0.39 is 29.5 Å². The van der Waals surface area contributed by atoms with Gasteiger partial charge in [0.05, 0.1) is 0 Å². The first-order chi connectivity index (χ1) is 8.45. The molecule has 0 aromatic heterocycles. The Morgan fingerprint density at radius 2 is 1.50 bits per heavy atom. The molecule has 0 atom stereocenters. The number of hydrogen-bond acceptors (Lipinski definition) is 4. The molecule has 0 unspecified atom stereocenters. The molecule has 0 radical (unpaired) electrons. The first-order valence-corrected chi connectivity index (χ1v) is 5.34. The maximum absolute atomic E-state index is 11.9. The van der Waals surface area contributed by atoms with Gasteiger partial charge in [-0.1, -0.05) is 12.2 Å². The van der Waals surface area contributed by atoms with Gasteiger partial charge >= 0.3 is 6.03 Å². The van der Waals surface area contributed by atoms with Gasteiger partial charge in [-0.25, -0.2) is 4.79 Å². The minimum Gasteiger partial charge on any atom is -0.299 e. The van der Waals surface area contributed by atoms with Crippen LogP contribution in [0.4, 0.5) is 4.79 Å². The van der Waals surface area contributed by atoms with Crippen LogP contribution in [0, 0.1) is 5.92 Å². The smallest absolute Gasteiger partial charge is 0.299 e. The predicted octanol–water partition coefficient (Wildman–Crippen LogP) is 0.354. The second kappa shape index (κ2) is 5.39. The molecule has 0 saturated carbocycles. The molecule has 0 N–H and O–H groups in total. The molecule has 0 aliphatic carbocycles. The van der Waals surface area contributed by atoms with Crippen LogP contribution in [-0.2, 0) is 14.4 Å². The zero-order chi connectivity index (χ0) is 13.9. The summed E-state index contributed by atoms with van der Waals surface area (Å²) in [7, 11) is 0. The molecule has 1 rings (SSSR count). The number of barbiturate groups is 1. The number of imide groups is 2. The number of carbonyl (C=O) groups is 4. The van der Waals surface area contributed by atoms with Crippen molar-refractivity contribution in [1.29, 1.82) is 0 Å². The summed E-state index contributed by atoms with van der Waals surface area (Å²) < 4.78 is 0. The third kappa shape index (κ3) is 2.22. The van der Waals surface area contributed by atoms with E-state index in [1.807, 2.05) is 0 Å². The maximum atomic E-state index is 11.9. The van der Waals surface area contributed by atoms with Crippen molar-refractivity contribution in [3.63, 3.8) is 0 Å². The van der Waals surface area contributed by atoms with Gasteiger partial charge in [0.2, 0.25) is 0 Å². The highest BCUT2D eigenvalue weighted by Gasteiger charge is 2.47. The van der Waals surface area contributed by atoms with E-state index in [1.54, 1.807) is 0 Å². The third-order valence-electron chi connectivity index (χ3n) is 2.52. The molecule has 6 nitrogen and oxygen atoms in total. The summed E-state index contributed by atoms with van der Waals surface area (Å²) in [5.41, 5.74) is 0. The molecule has 1 fully saturated rings. The topological polar surface area (TPSA) is 74.8 Å². The molecule has 0 aromatic carbocycles. The predicted molar refractivity (Wildman–Crippen MR) is 63.4 cm³/mol. The van der Waals surface area contributed by atoms with E-state index in [-0.39, 0.29) is 13.1 Å². The van der Waals surface area contributed by atoms with Crippen LogP contribution >= 0.6 is 0 Å². The number of ketones is 1. The fourth-order valence-corrected chi connectivity index (χ4v) is 1.69. The van der Waals surface area contributed by atoms with Crippen molar-refractivity contribution < 1.29 is 19.2 Å². The average Bonchev–Trinajstić information content (AvgIpc) is 2.30. The van der Waals surface area contributed by atoms with E-state index in [4.69, 9.17) is 0 Å². The van der Waals surface area contributed by atoms with Gasteiger partial charge in [-0.15, -0.1) is 13.2 Å². The van der Waals surface area contributed by atoms with Crippen molar-refractivity contribution in [2.45, 2.75) is 6.92 Å². The molecule has 96 valence electrons. The molecule has 0 aromatic rings. The molecule has 0 spiro atoms. The van der Waals surface area contributed by atoms with Gasteiger partial charge in [-0.2, -0.15) is 0 Å². The molecule has 1 heterocycles. The maximum Gasteiger partial charge on any atom is 0.334 e. The van der Waals surface area contributed by atoms with Crippen LogP contribution in [0.3, 0.4) is 0 Å². The molecule has 1 aliphatic heterocycles. The SMILES string of the molecule is C=CCN1C(=O)C(C(C)=O)C(=O)N(CC=C)C1=O.